The number of methoxy groups -OCH3 is 1. The molecule has 3 aliphatic heterocycles. The van der Waals surface area contributed by atoms with Crippen molar-refractivity contribution in [2.45, 2.75) is 31.0 Å². The third kappa shape index (κ3) is 2.60. The maximum Gasteiger partial charge on any atom is 0.200 e. The van der Waals surface area contributed by atoms with Gasteiger partial charge in [-0.05, 0) is 18.7 Å². The number of hydrogen-bond donors (Lipinski definition) is 0. The van der Waals surface area contributed by atoms with Crippen molar-refractivity contribution in [3.8, 4) is 11.5 Å². The zero-order valence-electron chi connectivity index (χ0n) is 15.9. The lowest BCUT2D eigenvalue weighted by Crippen LogP contribution is -2.58. The van der Waals surface area contributed by atoms with Crippen LogP contribution in [-0.4, -0.2) is 48.6 Å². The standard InChI is InChI=1S/C22H25N3O2/c1-24-13-11-22(12-14-24)25-19(15-18(23-25)16-7-4-3-5-8-16)17-9-6-10-20(26-2)21(17)27-22/h3-10,19H,11-15H2,1-2H3/t19-/m1/s1. The lowest BCUT2D eigenvalue weighted by molar-refractivity contribution is -0.148. The number of hydrazone groups is 1. The van der Waals surface area contributed by atoms with Gasteiger partial charge in [0.15, 0.2) is 11.5 Å². The van der Waals surface area contributed by atoms with Gasteiger partial charge in [-0.15, -0.1) is 0 Å². The van der Waals surface area contributed by atoms with Gasteiger partial charge in [-0.3, -0.25) is 0 Å². The number of rotatable bonds is 2. The van der Waals surface area contributed by atoms with Crippen LogP contribution in [0.25, 0.3) is 0 Å². The summed E-state index contributed by atoms with van der Waals surface area (Å²) in [6, 6.07) is 16.9. The predicted octanol–water partition coefficient (Wildman–Crippen LogP) is 3.66. The van der Waals surface area contributed by atoms with Crippen LogP contribution in [0.4, 0.5) is 0 Å². The van der Waals surface area contributed by atoms with Crippen LogP contribution in [0, 0.1) is 0 Å². The van der Waals surface area contributed by atoms with Crippen LogP contribution in [0.2, 0.25) is 0 Å². The van der Waals surface area contributed by atoms with Crippen LogP contribution in [-0.2, 0) is 0 Å². The minimum atomic E-state index is -0.394. The molecule has 0 unspecified atom stereocenters. The molecule has 1 spiro atoms. The maximum atomic E-state index is 6.70. The third-order valence-corrected chi connectivity index (χ3v) is 6.08. The fourth-order valence-electron chi connectivity index (χ4n) is 4.53. The van der Waals surface area contributed by atoms with Gasteiger partial charge in [-0.1, -0.05) is 42.5 Å². The van der Waals surface area contributed by atoms with Crippen molar-refractivity contribution in [3.05, 3.63) is 59.7 Å². The highest BCUT2D eigenvalue weighted by Gasteiger charge is 2.52. The Kier molecular flexibility index (Phi) is 3.86. The summed E-state index contributed by atoms with van der Waals surface area (Å²) in [7, 11) is 3.89. The molecule has 27 heavy (non-hydrogen) atoms. The number of ether oxygens (including phenoxy) is 2. The number of fused-ring (bicyclic) bond motifs is 4. The van der Waals surface area contributed by atoms with Crippen molar-refractivity contribution in [2.24, 2.45) is 5.10 Å². The maximum absolute atomic E-state index is 6.70. The molecule has 5 nitrogen and oxygen atoms in total. The molecule has 1 fully saturated rings. The molecule has 0 N–H and O–H groups in total. The Bertz CT molecular complexity index is 872. The molecule has 3 aliphatic rings. The molecular weight excluding hydrogens is 338 g/mol. The SMILES string of the molecule is COc1cccc2c1OC1(CCN(C)CC1)N1N=C(c3ccccc3)C[C@H]21. The topological polar surface area (TPSA) is 37.3 Å². The van der Waals surface area contributed by atoms with E-state index in [2.05, 4.69) is 47.3 Å². The largest absolute Gasteiger partial charge is 0.493 e. The van der Waals surface area contributed by atoms with Gasteiger partial charge in [0.2, 0.25) is 5.72 Å². The third-order valence-electron chi connectivity index (χ3n) is 6.08. The Morgan fingerprint density at radius 1 is 1.07 bits per heavy atom. The highest BCUT2D eigenvalue weighted by molar-refractivity contribution is 6.02. The normalized spacial score (nSPS) is 23.4. The van der Waals surface area contributed by atoms with Gasteiger partial charge in [-0.25, -0.2) is 5.01 Å². The van der Waals surface area contributed by atoms with E-state index >= 15 is 0 Å². The van der Waals surface area contributed by atoms with Crippen molar-refractivity contribution >= 4 is 5.71 Å². The van der Waals surface area contributed by atoms with E-state index in [0.717, 1.165) is 49.6 Å². The van der Waals surface area contributed by atoms with Gasteiger partial charge in [0, 0.05) is 37.9 Å². The fourth-order valence-corrected chi connectivity index (χ4v) is 4.53. The number of benzene rings is 2. The van der Waals surface area contributed by atoms with E-state index in [0.29, 0.717) is 0 Å². The van der Waals surface area contributed by atoms with Crippen LogP contribution in [0.3, 0.4) is 0 Å². The average molecular weight is 363 g/mol. The van der Waals surface area contributed by atoms with Gasteiger partial charge >= 0.3 is 0 Å². The van der Waals surface area contributed by atoms with Crippen molar-refractivity contribution in [1.29, 1.82) is 0 Å². The van der Waals surface area contributed by atoms with E-state index in [9.17, 15) is 0 Å². The van der Waals surface area contributed by atoms with Crippen LogP contribution in [0.1, 0.15) is 36.4 Å². The van der Waals surface area contributed by atoms with E-state index in [-0.39, 0.29) is 6.04 Å². The number of hydrogen-bond acceptors (Lipinski definition) is 5. The van der Waals surface area contributed by atoms with Crippen LogP contribution in [0.5, 0.6) is 11.5 Å². The first-order chi connectivity index (χ1) is 13.2. The second-order valence-corrected chi connectivity index (χ2v) is 7.71. The summed E-state index contributed by atoms with van der Waals surface area (Å²) in [5.41, 5.74) is 3.11. The first kappa shape index (κ1) is 16.6. The highest BCUT2D eigenvalue weighted by atomic mass is 16.5. The summed E-state index contributed by atoms with van der Waals surface area (Å²) in [4.78, 5) is 2.36. The van der Waals surface area contributed by atoms with E-state index < -0.39 is 5.72 Å². The number of likely N-dealkylation sites (tertiary alicyclic amines) is 1. The predicted molar refractivity (Wildman–Crippen MR) is 105 cm³/mol. The van der Waals surface area contributed by atoms with Crippen molar-refractivity contribution in [3.63, 3.8) is 0 Å². The smallest absolute Gasteiger partial charge is 0.200 e. The number of para-hydroxylation sites is 1. The second-order valence-electron chi connectivity index (χ2n) is 7.71. The summed E-state index contributed by atoms with van der Waals surface area (Å²) < 4.78 is 12.3. The van der Waals surface area contributed by atoms with Gasteiger partial charge in [0.1, 0.15) is 0 Å². The number of piperidine rings is 1. The molecule has 0 bridgehead atoms. The zero-order valence-corrected chi connectivity index (χ0v) is 15.9. The molecule has 1 atom stereocenters. The average Bonchev–Trinajstić information content (AvgIpc) is 3.17. The minimum Gasteiger partial charge on any atom is -0.493 e. The Morgan fingerprint density at radius 2 is 1.85 bits per heavy atom. The molecule has 3 heterocycles. The summed E-state index contributed by atoms with van der Waals surface area (Å²) in [5.74, 6) is 1.72. The summed E-state index contributed by atoms with van der Waals surface area (Å²) in [6.07, 6.45) is 2.76. The summed E-state index contributed by atoms with van der Waals surface area (Å²) >= 11 is 0. The summed E-state index contributed by atoms with van der Waals surface area (Å²) in [5, 5.41) is 7.36. The van der Waals surface area contributed by atoms with Crippen LogP contribution in [0.15, 0.2) is 53.6 Å². The second kappa shape index (κ2) is 6.27. The van der Waals surface area contributed by atoms with Crippen molar-refractivity contribution in [2.75, 3.05) is 27.2 Å². The molecule has 1 saturated heterocycles. The van der Waals surface area contributed by atoms with Crippen LogP contribution >= 0.6 is 0 Å². The van der Waals surface area contributed by atoms with E-state index in [1.807, 2.05) is 18.2 Å². The Balaban J connectivity index is 1.61. The van der Waals surface area contributed by atoms with Crippen molar-refractivity contribution < 1.29 is 9.47 Å². The molecule has 2 aromatic carbocycles. The molecule has 0 radical (unpaired) electrons. The summed E-state index contributed by atoms with van der Waals surface area (Å²) in [6.45, 7) is 2.01. The first-order valence-corrected chi connectivity index (χ1v) is 9.67. The minimum absolute atomic E-state index is 0.197. The lowest BCUT2D eigenvalue weighted by atomic mass is 9.90. The highest BCUT2D eigenvalue weighted by Crippen LogP contribution is 2.52. The molecule has 0 saturated carbocycles. The molecule has 0 amide bonds. The zero-order chi connectivity index (χ0) is 18.4. The van der Waals surface area contributed by atoms with E-state index in [4.69, 9.17) is 14.6 Å². The molecule has 2 aromatic rings. The molecular formula is C22H25N3O2. The van der Waals surface area contributed by atoms with Gasteiger partial charge in [0.05, 0.1) is 18.9 Å². The van der Waals surface area contributed by atoms with E-state index in [1.54, 1.807) is 7.11 Å². The van der Waals surface area contributed by atoms with Gasteiger partial charge < -0.3 is 14.4 Å². The fraction of sp³-hybridized carbons (Fsp3) is 0.409. The Labute approximate surface area is 160 Å². The quantitative estimate of drug-likeness (QED) is 0.816. The first-order valence-electron chi connectivity index (χ1n) is 9.67. The van der Waals surface area contributed by atoms with Gasteiger partial charge in [0.25, 0.3) is 0 Å². The Hall–Kier alpha value is -2.53. The van der Waals surface area contributed by atoms with Gasteiger partial charge in [-0.2, -0.15) is 5.10 Å². The number of nitrogens with zero attached hydrogens (tertiary/aromatic N) is 3. The van der Waals surface area contributed by atoms with Crippen molar-refractivity contribution in [1.82, 2.24) is 9.91 Å². The Morgan fingerprint density at radius 3 is 2.59 bits per heavy atom. The van der Waals surface area contributed by atoms with E-state index in [1.165, 1.54) is 11.1 Å². The molecule has 140 valence electrons. The molecule has 0 aliphatic carbocycles. The van der Waals surface area contributed by atoms with Crippen LogP contribution < -0.4 is 9.47 Å². The monoisotopic (exact) mass is 363 g/mol. The molecule has 0 aromatic heterocycles. The lowest BCUT2D eigenvalue weighted by Gasteiger charge is -2.50. The molecule has 5 heteroatoms. The molecule has 5 rings (SSSR count).